The molecule has 0 saturated heterocycles. The maximum Gasteiger partial charge on any atom is -0.147 e. The van der Waals surface area contributed by atoms with E-state index in [-0.39, 0.29) is 27.4 Å². The summed E-state index contributed by atoms with van der Waals surface area (Å²) in [5, 5.41) is 10.0. The van der Waals surface area contributed by atoms with Crippen LogP contribution in [-0.2, 0) is 4.79 Å². The van der Waals surface area contributed by atoms with Crippen LogP contribution in [0.15, 0.2) is 22.7 Å². The van der Waals surface area contributed by atoms with Crippen molar-refractivity contribution in [3.05, 3.63) is 22.7 Å². The third-order valence-corrected chi connectivity index (χ3v) is 5.11. The average Bonchev–Trinajstić information content (AvgIpc) is 2.19. The number of hydrogen-bond acceptors (Lipinski definition) is 3. The van der Waals surface area contributed by atoms with Crippen LogP contribution in [0, 0.1) is 5.92 Å². The van der Waals surface area contributed by atoms with Gasteiger partial charge < -0.3 is 0 Å². The largest absolute Gasteiger partial charge is 0.147 e. The monoisotopic (exact) mass is 341 g/mol. The molecule has 1 unspecified atom stereocenters. The Morgan fingerprint density at radius 2 is 2.24 bits per heavy atom. The Kier molecular flexibility index (Phi) is 7.92. The Balaban J connectivity index is 0.00000256. The summed E-state index contributed by atoms with van der Waals surface area (Å²) in [4.78, 5) is 13.6. The fraction of sp³-hybridized carbons (Fsp3) is 0.455. The summed E-state index contributed by atoms with van der Waals surface area (Å²) in [5.41, 5.74) is 0. The first-order chi connectivity index (χ1) is 7.52. The molecule has 1 N–H and O–H groups in total. The van der Waals surface area contributed by atoms with Gasteiger partial charge in [0.05, 0.1) is 0 Å². The number of halogens is 1. The summed E-state index contributed by atoms with van der Waals surface area (Å²) in [5.74, 6) is -1.45. The van der Waals surface area contributed by atoms with E-state index in [0.717, 1.165) is 16.3 Å². The Morgan fingerprint density at radius 1 is 1.59 bits per heavy atom. The molecule has 0 amide bonds. The minimum Gasteiger partial charge on any atom is -0.147 e. The van der Waals surface area contributed by atoms with E-state index in [1.165, 1.54) is 0 Å². The van der Waals surface area contributed by atoms with Gasteiger partial charge in [0.1, 0.15) is 0 Å². The normalized spacial score (nSPS) is 18.9. The third kappa shape index (κ3) is 5.32. The van der Waals surface area contributed by atoms with Crippen LogP contribution in [0.4, 0.5) is 0 Å². The fourth-order valence-corrected chi connectivity index (χ4v) is 4.13. The van der Waals surface area contributed by atoms with Gasteiger partial charge in [-0.1, -0.05) is 0 Å². The van der Waals surface area contributed by atoms with Gasteiger partial charge in [-0.15, -0.1) is 12.4 Å². The molecule has 0 spiro atoms. The second-order valence-corrected chi connectivity index (χ2v) is 6.57. The molecule has 1 aliphatic rings. The van der Waals surface area contributed by atoms with Gasteiger partial charge >= 0.3 is 107 Å². The van der Waals surface area contributed by atoms with E-state index >= 15 is 0 Å². The number of aliphatic carboxylic acids is 1. The zero-order valence-corrected chi connectivity index (χ0v) is 13.1. The molecule has 0 aromatic rings. The summed E-state index contributed by atoms with van der Waals surface area (Å²) in [6.07, 6.45) is 5.41. The molecule has 0 bridgehead atoms. The van der Waals surface area contributed by atoms with Crippen molar-refractivity contribution < 1.29 is 9.90 Å². The number of rotatable bonds is 5. The molecule has 17 heavy (non-hydrogen) atoms. The first-order valence-electron chi connectivity index (χ1n) is 4.95. The van der Waals surface area contributed by atoms with Crippen molar-refractivity contribution >= 4 is 50.4 Å². The summed E-state index contributed by atoms with van der Waals surface area (Å²) in [7, 11) is 4.06. The molecule has 0 heterocycles. The molecule has 1 atom stereocenters. The van der Waals surface area contributed by atoms with E-state index < -0.39 is 11.9 Å². The standard InChI is InChI=1S/C11H15NO2SSe.ClH/c1-12(2)6-7-16-9-5-3-4-8(10(9)15)11(13)14;/h3-5,8H,6-7H2,1-2H3,(H,13,14);1H. The molecule has 6 heteroatoms. The number of carboxylic acid groups (broad SMARTS) is 1. The second kappa shape index (κ2) is 8.01. The van der Waals surface area contributed by atoms with Crippen molar-refractivity contribution in [1.82, 2.24) is 4.90 Å². The molecule has 0 aromatic carbocycles. The topological polar surface area (TPSA) is 40.5 Å². The SMILES string of the molecule is CN(C)CC[Se]C1=CC=CC(C(=O)O)C1=S.Cl. The molecule has 0 radical (unpaired) electrons. The van der Waals surface area contributed by atoms with Gasteiger partial charge in [0, 0.05) is 0 Å². The van der Waals surface area contributed by atoms with Crippen molar-refractivity contribution in [2.45, 2.75) is 5.32 Å². The number of hydrogen-bond donors (Lipinski definition) is 1. The Bertz CT molecular complexity index is 355. The van der Waals surface area contributed by atoms with E-state index in [1.54, 1.807) is 12.2 Å². The number of nitrogens with zero attached hydrogens (tertiary/aromatic N) is 1. The molecule has 0 fully saturated rings. The number of allylic oxidation sites excluding steroid dienone is 3. The van der Waals surface area contributed by atoms with Gasteiger partial charge in [-0.2, -0.15) is 0 Å². The molecule has 3 nitrogen and oxygen atoms in total. The van der Waals surface area contributed by atoms with Crippen LogP contribution in [-0.4, -0.2) is 56.4 Å². The first-order valence-corrected chi connectivity index (χ1v) is 7.43. The summed E-state index contributed by atoms with van der Waals surface area (Å²) in [6, 6.07) is 0. The Morgan fingerprint density at radius 3 is 2.76 bits per heavy atom. The smallest absolute Gasteiger partial charge is 0.147 e. The molecule has 96 valence electrons. The molecular formula is C11H16ClNO2SSe. The van der Waals surface area contributed by atoms with Crippen molar-refractivity contribution in [3.8, 4) is 0 Å². The van der Waals surface area contributed by atoms with Crippen LogP contribution >= 0.6 is 24.6 Å². The van der Waals surface area contributed by atoms with Gasteiger partial charge in [0.2, 0.25) is 0 Å². The van der Waals surface area contributed by atoms with Gasteiger partial charge in [0.15, 0.2) is 0 Å². The first kappa shape index (κ1) is 16.8. The van der Waals surface area contributed by atoms with Crippen LogP contribution in [0.3, 0.4) is 0 Å². The third-order valence-electron chi connectivity index (χ3n) is 2.14. The van der Waals surface area contributed by atoms with Gasteiger partial charge in [-0.3, -0.25) is 0 Å². The van der Waals surface area contributed by atoms with E-state index in [0.29, 0.717) is 4.86 Å². The van der Waals surface area contributed by atoms with Crippen LogP contribution in [0.25, 0.3) is 0 Å². The molecule has 0 aromatic heterocycles. The van der Waals surface area contributed by atoms with E-state index in [1.807, 2.05) is 20.2 Å². The van der Waals surface area contributed by atoms with Gasteiger partial charge in [-0.05, 0) is 0 Å². The molecule has 1 aliphatic carbocycles. The van der Waals surface area contributed by atoms with E-state index in [2.05, 4.69) is 4.90 Å². The number of thiocarbonyl (C=S) groups is 1. The van der Waals surface area contributed by atoms with E-state index in [4.69, 9.17) is 17.3 Å². The Hall–Kier alpha value is -0.191. The predicted octanol–water partition coefficient (Wildman–Crippen LogP) is 1.62. The number of carbonyl (C=O) groups is 1. The van der Waals surface area contributed by atoms with Crippen molar-refractivity contribution in [3.63, 3.8) is 0 Å². The fourth-order valence-electron chi connectivity index (χ4n) is 1.23. The Labute approximate surface area is 120 Å². The second-order valence-electron chi connectivity index (χ2n) is 3.75. The summed E-state index contributed by atoms with van der Waals surface area (Å²) in [6.45, 7) is 1.02. The minimum atomic E-state index is -0.852. The van der Waals surface area contributed by atoms with E-state index in [9.17, 15) is 4.79 Å². The molecule has 0 aliphatic heterocycles. The maximum absolute atomic E-state index is 10.9. The maximum atomic E-state index is 10.9. The van der Waals surface area contributed by atoms with Crippen LogP contribution in [0.2, 0.25) is 5.32 Å². The minimum absolute atomic E-state index is 0. The molecule has 0 saturated carbocycles. The zero-order valence-electron chi connectivity index (χ0n) is 9.75. The van der Waals surface area contributed by atoms with Crippen LogP contribution in [0.5, 0.6) is 0 Å². The van der Waals surface area contributed by atoms with Crippen LogP contribution in [0.1, 0.15) is 0 Å². The average molecular weight is 341 g/mol. The summed E-state index contributed by atoms with van der Waals surface area (Å²) < 4.78 is 1.05. The molecule has 1 rings (SSSR count). The van der Waals surface area contributed by atoms with Crippen LogP contribution < -0.4 is 0 Å². The van der Waals surface area contributed by atoms with Crippen molar-refractivity contribution in [1.29, 1.82) is 0 Å². The van der Waals surface area contributed by atoms with Gasteiger partial charge in [0.25, 0.3) is 0 Å². The van der Waals surface area contributed by atoms with Crippen molar-refractivity contribution in [2.75, 3.05) is 20.6 Å². The number of carboxylic acids is 1. The van der Waals surface area contributed by atoms with Crippen molar-refractivity contribution in [2.24, 2.45) is 5.92 Å². The summed E-state index contributed by atoms with van der Waals surface area (Å²) >= 11 is 5.48. The predicted molar refractivity (Wildman–Crippen MR) is 77.3 cm³/mol. The molecular weight excluding hydrogens is 325 g/mol. The zero-order chi connectivity index (χ0) is 12.1. The quantitative estimate of drug-likeness (QED) is 0.610. The van der Waals surface area contributed by atoms with Gasteiger partial charge in [-0.25, -0.2) is 0 Å².